The van der Waals surface area contributed by atoms with Gasteiger partial charge in [0, 0.05) is 37.7 Å². The van der Waals surface area contributed by atoms with Gasteiger partial charge in [-0.3, -0.25) is 24.2 Å². The third-order valence-electron chi connectivity index (χ3n) is 5.56. The number of aryl methyl sites for hydroxylation is 1. The molecule has 0 radical (unpaired) electrons. The molecule has 0 bridgehead atoms. The Bertz CT molecular complexity index is 893. The summed E-state index contributed by atoms with van der Waals surface area (Å²) in [5.74, 6) is 0.00245. The standard InChI is InChI=1S/C21H23N3O3S/c1-23(18(25)11-12-24-19(26)9-10-20(24)27)21-22-16-8-7-15(13-17(16)28-21)14-5-3-2-4-6-14/h2-6,15H,7-13H2,1H3/t15-/m1/s1. The Morgan fingerprint density at radius 2 is 1.89 bits per heavy atom. The van der Waals surface area contributed by atoms with E-state index < -0.39 is 0 Å². The topological polar surface area (TPSA) is 70.6 Å². The highest BCUT2D eigenvalue weighted by molar-refractivity contribution is 7.15. The number of imide groups is 1. The van der Waals surface area contributed by atoms with Crippen molar-refractivity contribution in [2.24, 2.45) is 0 Å². The van der Waals surface area contributed by atoms with Crippen molar-refractivity contribution >= 4 is 34.2 Å². The fraction of sp³-hybridized carbons (Fsp3) is 0.429. The first-order valence-corrected chi connectivity index (χ1v) is 10.5. The molecule has 146 valence electrons. The highest BCUT2D eigenvalue weighted by Gasteiger charge is 2.30. The van der Waals surface area contributed by atoms with Crippen molar-refractivity contribution in [1.82, 2.24) is 9.88 Å². The Balaban J connectivity index is 1.40. The van der Waals surface area contributed by atoms with Crippen LogP contribution < -0.4 is 4.90 Å². The molecule has 0 saturated carbocycles. The van der Waals surface area contributed by atoms with E-state index >= 15 is 0 Å². The van der Waals surface area contributed by atoms with Gasteiger partial charge in [-0.25, -0.2) is 4.98 Å². The van der Waals surface area contributed by atoms with Crippen molar-refractivity contribution in [3.05, 3.63) is 46.5 Å². The molecule has 0 spiro atoms. The van der Waals surface area contributed by atoms with E-state index in [1.165, 1.54) is 15.3 Å². The summed E-state index contributed by atoms with van der Waals surface area (Å²) in [7, 11) is 1.72. The Hall–Kier alpha value is -2.54. The van der Waals surface area contributed by atoms with Gasteiger partial charge in [0.25, 0.3) is 0 Å². The minimum absolute atomic E-state index is 0.127. The highest BCUT2D eigenvalue weighted by atomic mass is 32.1. The number of rotatable bonds is 5. The molecule has 1 aliphatic carbocycles. The Morgan fingerprint density at radius 3 is 2.61 bits per heavy atom. The number of thiazole rings is 1. The molecule has 1 aromatic carbocycles. The number of aromatic nitrogens is 1. The van der Waals surface area contributed by atoms with Crippen molar-refractivity contribution in [3.8, 4) is 0 Å². The van der Waals surface area contributed by atoms with Crippen molar-refractivity contribution in [1.29, 1.82) is 0 Å². The second kappa shape index (κ2) is 7.83. The first-order valence-electron chi connectivity index (χ1n) is 9.66. The van der Waals surface area contributed by atoms with Gasteiger partial charge < -0.3 is 0 Å². The predicted molar refractivity (Wildman–Crippen MR) is 107 cm³/mol. The molecular weight excluding hydrogens is 374 g/mol. The molecule has 2 aliphatic rings. The Morgan fingerprint density at radius 1 is 1.18 bits per heavy atom. The van der Waals surface area contributed by atoms with Crippen molar-refractivity contribution in [3.63, 3.8) is 0 Å². The maximum atomic E-state index is 12.6. The van der Waals surface area contributed by atoms with Crippen LogP contribution in [-0.2, 0) is 27.2 Å². The molecular formula is C21H23N3O3S. The SMILES string of the molecule is CN(C(=O)CCN1C(=O)CCC1=O)c1nc2c(s1)C[C@H](c1ccccc1)CC2. The van der Waals surface area contributed by atoms with Crippen molar-refractivity contribution in [2.75, 3.05) is 18.5 Å². The number of carbonyl (C=O) groups is 3. The zero-order chi connectivity index (χ0) is 19.7. The Kier molecular flexibility index (Phi) is 5.26. The van der Waals surface area contributed by atoms with Crippen LogP contribution in [0.25, 0.3) is 0 Å². The molecule has 6 nitrogen and oxygen atoms in total. The monoisotopic (exact) mass is 397 g/mol. The van der Waals surface area contributed by atoms with E-state index in [4.69, 9.17) is 0 Å². The maximum Gasteiger partial charge on any atom is 0.230 e. The summed E-state index contributed by atoms with van der Waals surface area (Å²) in [5.41, 5.74) is 2.45. The molecule has 3 amide bonds. The molecule has 1 saturated heterocycles. The second-order valence-electron chi connectivity index (χ2n) is 7.36. The molecule has 1 aliphatic heterocycles. The zero-order valence-corrected chi connectivity index (χ0v) is 16.7. The van der Waals surface area contributed by atoms with Gasteiger partial charge in [-0.15, -0.1) is 11.3 Å². The van der Waals surface area contributed by atoms with Crippen molar-refractivity contribution in [2.45, 2.75) is 44.4 Å². The number of amides is 3. The average Bonchev–Trinajstić information content (AvgIpc) is 3.28. The fourth-order valence-electron chi connectivity index (χ4n) is 3.87. The summed E-state index contributed by atoms with van der Waals surface area (Å²) in [5, 5.41) is 0.697. The highest BCUT2D eigenvalue weighted by Crippen LogP contribution is 2.37. The molecule has 0 unspecified atom stereocenters. The fourth-order valence-corrected chi connectivity index (χ4v) is 5.03. The van der Waals surface area contributed by atoms with E-state index in [9.17, 15) is 14.4 Å². The summed E-state index contributed by atoms with van der Waals surface area (Å²) < 4.78 is 0. The predicted octanol–water partition coefficient (Wildman–Crippen LogP) is 2.92. The summed E-state index contributed by atoms with van der Waals surface area (Å²) >= 11 is 1.58. The first kappa shape index (κ1) is 18.8. The number of nitrogens with zero attached hydrogens (tertiary/aromatic N) is 3. The maximum absolute atomic E-state index is 12.6. The third kappa shape index (κ3) is 3.71. The van der Waals surface area contributed by atoms with Crippen LogP contribution in [0.5, 0.6) is 0 Å². The van der Waals surface area contributed by atoms with Crippen LogP contribution in [0.15, 0.2) is 30.3 Å². The minimum atomic E-state index is -0.183. The molecule has 0 N–H and O–H groups in total. The Labute approximate surface area is 168 Å². The lowest BCUT2D eigenvalue weighted by Crippen LogP contribution is -2.35. The zero-order valence-electron chi connectivity index (χ0n) is 15.9. The van der Waals surface area contributed by atoms with E-state index in [-0.39, 0.29) is 43.5 Å². The van der Waals surface area contributed by atoms with Gasteiger partial charge in [-0.1, -0.05) is 30.3 Å². The smallest absolute Gasteiger partial charge is 0.230 e. The van der Waals surface area contributed by atoms with Crippen LogP contribution in [0.1, 0.15) is 47.7 Å². The number of likely N-dealkylation sites (tertiary alicyclic amines) is 1. The minimum Gasteiger partial charge on any atom is -0.291 e. The van der Waals surface area contributed by atoms with E-state index in [0.29, 0.717) is 11.0 Å². The molecule has 1 fully saturated rings. The van der Waals surface area contributed by atoms with Gasteiger partial charge >= 0.3 is 0 Å². The van der Waals surface area contributed by atoms with Crippen LogP contribution in [0.4, 0.5) is 5.13 Å². The lowest BCUT2D eigenvalue weighted by atomic mass is 9.85. The van der Waals surface area contributed by atoms with Gasteiger partial charge in [0.2, 0.25) is 17.7 Å². The van der Waals surface area contributed by atoms with Gasteiger partial charge in [-0.2, -0.15) is 0 Å². The first-order chi connectivity index (χ1) is 13.5. The molecule has 2 heterocycles. The number of benzene rings is 1. The summed E-state index contributed by atoms with van der Waals surface area (Å²) in [6, 6.07) is 10.5. The lowest BCUT2D eigenvalue weighted by molar-refractivity contribution is -0.138. The average molecular weight is 398 g/mol. The second-order valence-corrected chi connectivity index (χ2v) is 8.42. The van der Waals surface area contributed by atoms with E-state index in [1.54, 1.807) is 23.3 Å². The van der Waals surface area contributed by atoms with Gasteiger partial charge in [0.15, 0.2) is 5.13 Å². The number of hydrogen-bond acceptors (Lipinski definition) is 5. The van der Waals surface area contributed by atoms with Gasteiger partial charge in [0.05, 0.1) is 5.69 Å². The van der Waals surface area contributed by atoms with Crippen LogP contribution in [0, 0.1) is 0 Å². The van der Waals surface area contributed by atoms with Crippen LogP contribution >= 0.6 is 11.3 Å². The lowest BCUT2D eigenvalue weighted by Gasteiger charge is -2.21. The number of anilines is 1. The quantitative estimate of drug-likeness (QED) is 0.728. The summed E-state index contributed by atoms with van der Waals surface area (Å²) in [6.45, 7) is 0.155. The van der Waals surface area contributed by atoms with Crippen molar-refractivity contribution < 1.29 is 14.4 Å². The van der Waals surface area contributed by atoms with Crippen LogP contribution in [0.3, 0.4) is 0 Å². The molecule has 7 heteroatoms. The largest absolute Gasteiger partial charge is 0.291 e. The van der Waals surface area contributed by atoms with E-state index in [0.717, 1.165) is 25.0 Å². The van der Waals surface area contributed by atoms with E-state index in [2.05, 4.69) is 29.2 Å². The molecule has 4 rings (SSSR count). The van der Waals surface area contributed by atoms with Gasteiger partial charge in [-0.05, 0) is 30.7 Å². The summed E-state index contributed by atoms with van der Waals surface area (Å²) in [4.78, 5) is 44.6. The molecule has 1 atom stereocenters. The molecule has 2 aromatic rings. The van der Waals surface area contributed by atoms with E-state index in [1.807, 2.05) is 6.07 Å². The van der Waals surface area contributed by atoms with Crippen LogP contribution in [-0.4, -0.2) is 41.2 Å². The number of carbonyl (C=O) groups excluding carboxylic acids is 3. The molecule has 28 heavy (non-hydrogen) atoms. The van der Waals surface area contributed by atoms with Gasteiger partial charge in [0.1, 0.15) is 0 Å². The van der Waals surface area contributed by atoms with Crippen LogP contribution in [0.2, 0.25) is 0 Å². The number of fused-ring (bicyclic) bond motifs is 1. The summed E-state index contributed by atoms with van der Waals surface area (Å²) in [6.07, 6.45) is 3.58. The number of hydrogen-bond donors (Lipinski definition) is 0. The third-order valence-corrected chi connectivity index (χ3v) is 6.76. The molecule has 1 aromatic heterocycles. The normalized spacial score (nSPS) is 19.0.